The highest BCUT2D eigenvalue weighted by molar-refractivity contribution is 5.99. The number of hydrogen-bond acceptors (Lipinski definition) is 5. The monoisotopic (exact) mass is 294 g/mol. The summed E-state index contributed by atoms with van der Waals surface area (Å²) < 4.78 is 9.74. The zero-order valence-electron chi connectivity index (χ0n) is 13.4. The molecule has 21 heavy (non-hydrogen) atoms. The van der Waals surface area contributed by atoms with E-state index in [1.54, 1.807) is 0 Å². The number of fused-ring (bicyclic) bond motifs is 2. The Bertz CT molecular complexity index is 543. The van der Waals surface area contributed by atoms with E-state index < -0.39 is 35.1 Å². The van der Waals surface area contributed by atoms with Crippen LogP contribution in [-0.2, 0) is 23.9 Å². The van der Waals surface area contributed by atoms with E-state index in [4.69, 9.17) is 9.47 Å². The Balaban J connectivity index is 2.67. The Hall–Kier alpha value is -1.65. The first-order valence-corrected chi connectivity index (χ1v) is 7.07. The fourth-order valence-electron chi connectivity index (χ4n) is 4.19. The maximum atomic E-state index is 12.8. The molecule has 3 aliphatic rings. The van der Waals surface area contributed by atoms with Gasteiger partial charge < -0.3 is 9.47 Å². The first-order valence-electron chi connectivity index (χ1n) is 7.07. The summed E-state index contributed by atoms with van der Waals surface area (Å²) in [6.45, 7) is 7.48. The van der Waals surface area contributed by atoms with Gasteiger partial charge in [0.1, 0.15) is 5.78 Å². The number of carbonyl (C=O) groups is 3. The van der Waals surface area contributed by atoms with Crippen molar-refractivity contribution in [3.8, 4) is 0 Å². The lowest BCUT2D eigenvalue weighted by molar-refractivity contribution is -0.174. The van der Waals surface area contributed by atoms with Crippen molar-refractivity contribution in [3.05, 3.63) is 11.1 Å². The lowest BCUT2D eigenvalue weighted by Crippen LogP contribution is -2.60. The zero-order valence-corrected chi connectivity index (χ0v) is 13.4. The van der Waals surface area contributed by atoms with E-state index in [1.165, 1.54) is 14.2 Å². The number of carbonyl (C=O) groups excluding carboxylic acids is 3. The molecular weight excluding hydrogens is 272 g/mol. The van der Waals surface area contributed by atoms with Crippen molar-refractivity contribution in [2.24, 2.45) is 29.1 Å². The van der Waals surface area contributed by atoms with Gasteiger partial charge in [0, 0.05) is 11.3 Å². The molecule has 4 atom stereocenters. The molecule has 2 bridgehead atoms. The fraction of sp³-hybridized carbons (Fsp3) is 0.688. The number of methoxy groups -OCH3 is 2. The van der Waals surface area contributed by atoms with Crippen LogP contribution < -0.4 is 0 Å². The number of hydrogen-bond donors (Lipinski definition) is 0. The molecular formula is C16H22O5. The number of ether oxygens (including phenoxy) is 2. The van der Waals surface area contributed by atoms with Crippen molar-refractivity contribution >= 4 is 17.7 Å². The number of rotatable bonds is 2. The first kappa shape index (κ1) is 15.7. The molecule has 3 rings (SSSR count). The molecule has 0 amide bonds. The highest BCUT2D eigenvalue weighted by atomic mass is 16.5. The Kier molecular flexibility index (Phi) is 3.72. The SMILES string of the molecule is COC(=O)C1C2C(=O)C(C)(C)C(C(C)=C2C)C1C(=O)OC. The van der Waals surface area contributed by atoms with Crippen LogP contribution in [0.25, 0.3) is 0 Å². The highest BCUT2D eigenvalue weighted by Crippen LogP contribution is 2.58. The normalized spacial score (nSPS) is 33.9. The lowest BCUT2D eigenvalue weighted by atomic mass is 9.47. The molecule has 116 valence electrons. The van der Waals surface area contributed by atoms with Crippen LogP contribution in [-0.4, -0.2) is 31.9 Å². The summed E-state index contributed by atoms with van der Waals surface area (Å²) >= 11 is 0. The second-order valence-corrected chi connectivity index (χ2v) is 6.51. The Morgan fingerprint density at radius 2 is 1.43 bits per heavy atom. The molecule has 5 heteroatoms. The maximum Gasteiger partial charge on any atom is 0.310 e. The van der Waals surface area contributed by atoms with Gasteiger partial charge >= 0.3 is 11.9 Å². The third-order valence-electron chi connectivity index (χ3n) is 5.30. The van der Waals surface area contributed by atoms with Gasteiger partial charge in [-0.15, -0.1) is 0 Å². The topological polar surface area (TPSA) is 69.7 Å². The number of allylic oxidation sites excluding steroid dienone is 2. The summed E-state index contributed by atoms with van der Waals surface area (Å²) in [5.74, 6) is -3.33. The molecule has 0 aromatic rings. The van der Waals surface area contributed by atoms with Gasteiger partial charge in [0.2, 0.25) is 0 Å². The standard InChI is InChI=1S/C16H22O5/c1-7-8(2)12-11(15(19)21-6)10(14(18)20-5)9(7)13(17)16(12,3)4/h9-12H,1-6H3. The molecule has 5 nitrogen and oxygen atoms in total. The largest absolute Gasteiger partial charge is 0.469 e. The molecule has 0 aliphatic heterocycles. The average molecular weight is 294 g/mol. The zero-order chi connectivity index (χ0) is 16.1. The van der Waals surface area contributed by atoms with E-state index in [-0.39, 0.29) is 11.7 Å². The van der Waals surface area contributed by atoms with Crippen LogP contribution in [0.4, 0.5) is 0 Å². The molecule has 0 N–H and O–H groups in total. The Morgan fingerprint density at radius 3 is 1.90 bits per heavy atom. The Labute approximate surface area is 124 Å². The van der Waals surface area contributed by atoms with Crippen LogP contribution in [0.5, 0.6) is 0 Å². The van der Waals surface area contributed by atoms with Crippen LogP contribution in [0.2, 0.25) is 0 Å². The number of Topliss-reactive ketones (excluding diaryl/α,β-unsaturated/α-hetero) is 1. The minimum absolute atomic E-state index is 0.00570. The summed E-state index contributed by atoms with van der Waals surface area (Å²) in [7, 11) is 2.58. The second kappa shape index (κ2) is 4.97. The van der Waals surface area contributed by atoms with Crippen molar-refractivity contribution < 1.29 is 23.9 Å². The molecule has 0 radical (unpaired) electrons. The summed E-state index contributed by atoms with van der Waals surface area (Å²) in [6, 6.07) is 0. The maximum absolute atomic E-state index is 12.8. The molecule has 3 aliphatic carbocycles. The van der Waals surface area contributed by atoms with E-state index in [9.17, 15) is 14.4 Å². The van der Waals surface area contributed by atoms with Crippen LogP contribution in [0.15, 0.2) is 11.1 Å². The summed E-state index contributed by atoms with van der Waals surface area (Å²) in [4.78, 5) is 37.2. The van der Waals surface area contributed by atoms with E-state index in [0.717, 1.165) is 11.1 Å². The third-order valence-corrected chi connectivity index (χ3v) is 5.30. The van der Waals surface area contributed by atoms with Gasteiger partial charge in [-0.1, -0.05) is 25.0 Å². The molecule has 0 aromatic carbocycles. The van der Waals surface area contributed by atoms with Crippen LogP contribution in [0, 0.1) is 29.1 Å². The summed E-state index contributed by atoms with van der Waals surface area (Å²) in [5.41, 5.74) is 1.22. The van der Waals surface area contributed by atoms with Gasteiger partial charge in [-0.3, -0.25) is 14.4 Å². The smallest absolute Gasteiger partial charge is 0.310 e. The fourth-order valence-corrected chi connectivity index (χ4v) is 4.19. The lowest BCUT2D eigenvalue weighted by Gasteiger charge is -2.53. The van der Waals surface area contributed by atoms with Gasteiger partial charge in [0.05, 0.1) is 32.0 Å². The first-order chi connectivity index (χ1) is 9.69. The van der Waals surface area contributed by atoms with E-state index in [0.29, 0.717) is 0 Å². The molecule has 4 unspecified atom stereocenters. The highest BCUT2D eigenvalue weighted by Gasteiger charge is 2.63. The van der Waals surface area contributed by atoms with Crippen LogP contribution in [0.1, 0.15) is 27.7 Å². The molecule has 0 aromatic heterocycles. The Morgan fingerprint density at radius 1 is 0.952 bits per heavy atom. The van der Waals surface area contributed by atoms with E-state index in [2.05, 4.69) is 0 Å². The molecule has 0 spiro atoms. The van der Waals surface area contributed by atoms with Crippen LogP contribution in [0.3, 0.4) is 0 Å². The van der Waals surface area contributed by atoms with Crippen molar-refractivity contribution in [2.45, 2.75) is 27.7 Å². The second-order valence-electron chi connectivity index (χ2n) is 6.51. The average Bonchev–Trinajstić information content (AvgIpc) is 2.45. The predicted octanol–water partition coefficient (Wildman–Crippen LogP) is 1.76. The van der Waals surface area contributed by atoms with Gasteiger partial charge in [0.15, 0.2) is 0 Å². The number of esters is 2. The minimum atomic E-state index is -0.781. The molecule has 0 heterocycles. The minimum Gasteiger partial charge on any atom is -0.469 e. The molecule has 1 saturated carbocycles. The van der Waals surface area contributed by atoms with Crippen molar-refractivity contribution in [1.29, 1.82) is 0 Å². The van der Waals surface area contributed by atoms with Crippen LogP contribution >= 0.6 is 0 Å². The number of ketones is 1. The van der Waals surface area contributed by atoms with Crippen molar-refractivity contribution in [2.75, 3.05) is 14.2 Å². The summed E-state index contributed by atoms with van der Waals surface area (Å²) in [6.07, 6.45) is 0. The van der Waals surface area contributed by atoms with Gasteiger partial charge in [-0.05, 0) is 13.8 Å². The van der Waals surface area contributed by atoms with Crippen molar-refractivity contribution in [1.82, 2.24) is 0 Å². The van der Waals surface area contributed by atoms with Gasteiger partial charge in [0.25, 0.3) is 0 Å². The molecule has 1 fully saturated rings. The third kappa shape index (κ3) is 1.93. The van der Waals surface area contributed by atoms with Crippen molar-refractivity contribution in [3.63, 3.8) is 0 Å². The quantitative estimate of drug-likeness (QED) is 0.573. The van der Waals surface area contributed by atoms with Gasteiger partial charge in [-0.2, -0.15) is 0 Å². The van der Waals surface area contributed by atoms with Gasteiger partial charge in [-0.25, -0.2) is 0 Å². The van der Waals surface area contributed by atoms with E-state index >= 15 is 0 Å². The predicted molar refractivity (Wildman–Crippen MR) is 75.2 cm³/mol. The van der Waals surface area contributed by atoms with E-state index in [1.807, 2.05) is 27.7 Å². The molecule has 0 saturated heterocycles. The summed E-state index contributed by atoms with van der Waals surface area (Å²) in [5, 5.41) is 0.